The number of amides is 1. The lowest BCUT2D eigenvalue weighted by Crippen LogP contribution is -2.46. The van der Waals surface area contributed by atoms with Crippen molar-refractivity contribution in [3.05, 3.63) is 30.0 Å². The van der Waals surface area contributed by atoms with Gasteiger partial charge < -0.3 is 5.32 Å². The Morgan fingerprint density at radius 2 is 2.04 bits per heavy atom. The zero-order chi connectivity index (χ0) is 18.0. The molecule has 25 heavy (non-hydrogen) atoms. The van der Waals surface area contributed by atoms with E-state index in [1.807, 2.05) is 31.2 Å². The van der Waals surface area contributed by atoms with Crippen LogP contribution in [0.1, 0.15) is 30.3 Å². The molecule has 2 N–H and O–H groups in total. The number of nitrogens with zero attached hydrogens (tertiary/aromatic N) is 2. The lowest BCUT2D eigenvalue weighted by atomic mass is 9.90. The molecule has 1 saturated heterocycles. The summed E-state index contributed by atoms with van der Waals surface area (Å²) < 4.78 is 37.3. The van der Waals surface area contributed by atoms with E-state index in [2.05, 4.69) is 15.5 Å². The monoisotopic (exact) mass is 354 g/mol. The quantitative estimate of drug-likeness (QED) is 0.887. The molecule has 0 aliphatic carbocycles. The fourth-order valence-electron chi connectivity index (χ4n) is 3.39. The minimum absolute atomic E-state index is 0.115. The number of fused-ring (bicyclic) bond motifs is 1. The summed E-state index contributed by atoms with van der Waals surface area (Å²) in [6.45, 7) is 1.84. The minimum atomic E-state index is -4.16. The van der Waals surface area contributed by atoms with E-state index in [1.165, 1.54) is 4.90 Å². The number of carbonyl (C=O) groups excluding carboxylic acids is 1. The summed E-state index contributed by atoms with van der Waals surface area (Å²) in [5.41, 5.74) is 1.14. The van der Waals surface area contributed by atoms with Crippen molar-refractivity contribution in [1.29, 1.82) is 0 Å². The van der Waals surface area contributed by atoms with Gasteiger partial charge in [0.1, 0.15) is 0 Å². The molecule has 136 valence electrons. The molecule has 1 aromatic heterocycles. The van der Waals surface area contributed by atoms with Gasteiger partial charge in [-0.3, -0.25) is 14.8 Å². The molecule has 1 aliphatic rings. The van der Waals surface area contributed by atoms with Crippen LogP contribution in [-0.2, 0) is 0 Å². The van der Waals surface area contributed by atoms with Crippen LogP contribution in [0.3, 0.4) is 0 Å². The molecule has 1 aromatic carbocycles. The largest absolute Gasteiger partial charge is 0.401 e. The van der Waals surface area contributed by atoms with Gasteiger partial charge in [0.25, 0.3) is 5.91 Å². The van der Waals surface area contributed by atoms with Crippen LogP contribution in [0.25, 0.3) is 10.9 Å². The second kappa shape index (κ2) is 7.03. The average Bonchev–Trinajstić information content (AvgIpc) is 2.98. The first-order chi connectivity index (χ1) is 11.8. The molecule has 0 spiro atoms. The number of alkyl halides is 3. The van der Waals surface area contributed by atoms with Crippen molar-refractivity contribution in [2.45, 2.75) is 32.0 Å². The van der Waals surface area contributed by atoms with Gasteiger partial charge in [0, 0.05) is 11.4 Å². The van der Waals surface area contributed by atoms with Gasteiger partial charge in [-0.05, 0) is 44.8 Å². The van der Waals surface area contributed by atoms with Crippen molar-refractivity contribution < 1.29 is 18.0 Å². The van der Waals surface area contributed by atoms with E-state index in [1.54, 1.807) is 0 Å². The molecule has 2 aromatic rings. The third kappa shape index (κ3) is 4.31. The summed E-state index contributed by atoms with van der Waals surface area (Å²) >= 11 is 0. The number of benzene rings is 1. The van der Waals surface area contributed by atoms with Crippen molar-refractivity contribution in [1.82, 2.24) is 20.4 Å². The number of hydrogen-bond acceptors (Lipinski definition) is 3. The second-order valence-electron chi connectivity index (χ2n) is 6.61. The lowest BCUT2D eigenvalue weighted by Gasteiger charge is -2.35. The Labute approximate surface area is 143 Å². The topological polar surface area (TPSA) is 61.0 Å². The van der Waals surface area contributed by atoms with Gasteiger partial charge in [0.05, 0.1) is 12.1 Å². The molecule has 1 atom stereocenters. The van der Waals surface area contributed by atoms with E-state index in [-0.39, 0.29) is 17.9 Å². The molecule has 3 rings (SSSR count). The number of aromatic amines is 1. The van der Waals surface area contributed by atoms with Gasteiger partial charge in [-0.2, -0.15) is 18.3 Å². The maximum atomic E-state index is 12.5. The summed E-state index contributed by atoms with van der Waals surface area (Å²) in [5, 5.41) is 10.6. The number of para-hydroxylation sites is 1. The third-order valence-electron chi connectivity index (χ3n) is 4.79. The highest BCUT2D eigenvalue weighted by atomic mass is 19.4. The number of H-pyrrole nitrogens is 1. The van der Waals surface area contributed by atoms with Crippen LogP contribution in [-0.4, -0.2) is 52.9 Å². The highest BCUT2D eigenvalue weighted by Gasteiger charge is 2.33. The number of carbonyl (C=O) groups is 1. The summed E-state index contributed by atoms with van der Waals surface area (Å²) in [6.07, 6.45) is -2.88. The standard InChI is InChI=1S/C17H21F3N4O/c1-11(12-6-8-24(9-7-12)10-17(18,19)20)21-16(25)15-13-4-2-3-5-14(13)22-23-15/h2-5,11-12H,6-10H2,1H3,(H,21,25)(H,22,23). The van der Waals surface area contributed by atoms with Crippen molar-refractivity contribution in [2.75, 3.05) is 19.6 Å². The van der Waals surface area contributed by atoms with Gasteiger partial charge in [0.15, 0.2) is 5.69 Å². The normalized spacial score (nSPS) is 18.4. The lowest BCUT2D eigenvalue weighted by molar-refractivity contribution is -0.148. The van der Waals surface area contributed by atoms with Crippen LogP contribution in [0, 0.1) is 5.92 Å². The Morgan fingerprint density at radius 1 is 1.36 bits per heavy atom. The van der Waals surface area contributed by atoms with Crippen LogP contribution in [0.2, 0.25) is 0 Å². The summed E-state index contributed by atoms with van der Waals surface area (Å²) in [5.74, 6) is -0.0960. The first-order valence-electron chi connectivity index (χ1n) is 8.36. The molecule has 0 bridgehead atoms. The zero-order valence-electron chi connectivity index (χ0n) is 13.9. The highest BCUT2D eigenvalue weighted by molar-refractivity contribution is 6.04. The van der Waals surface area contributed by atoms with E-state index in [9.17, 15) is 18.0 Å². The predicted octanol–water partition coefficient (Wildman–Crippen LogP) is 2.96. The van der Waals surface area contributed by atoms with Crippen molar-refractivity contribution in [2.24, 2.45) is 5.92 Å². The number of rotatable bonds is 4. The van der Waals surface area contributed by atoms with E-state index >= 15 is 0 Å². The number of halogens is 3. The highest BCUT2D eigenvalue weighted by Crippen LogP contribution is 2.25. The molecule has 1 unspecified atom stereocenters. The Kier molecular flexibility index (Phi) is 4.99. The molecule has 8 heteroatoms. The smallest absolute Gasteiger partial charge is 0.348 e. The number of aromatic nitrogens is 2. The molecule has 2 heterocycles. The minimum Gasteiger partial charge on any atom is -0.348 e. The van der Waals surface area contributed by atoms with E-state index in [0.29, 0.717) is 31.6 Å². The molecular formula is C17H21F3N4O. The SMILES string of the molecule is CC(NC(=O)c1n[nH]c2ccccc12)C1CCN(CC(F)(F)F)CC1. The van der Waals surface area contributed by atoms with Crippen molar-refractivity contribution >= 4 is 16.8 Å². The van der Waals surface area contributed by atoms with Gasteiger partial charge in [-0.1, -0.05) is 18.2 Å². The van der Waals surface area contributed by atoms with Crippen LogP contribution in [0.5, 0.6) is 0 Å². The molecule has 5 nitrogen and oxygen atoms in total. The maximum absolute atomic E-state index is 12.5. The zero-order valence-corrected chi connectivity index (χ0v) is 13.9. The van der Waals surface area contributed by atoms with Crippen LogP contribution in [0.15, 0.2) is 24.3 Å². The van der Waals surface area contributed by atoms with Gasteiger partial charge in [-0.25, -0.2) is 0 Å². The van der Waals surface area contributed by atoms with Crippen LogP contribution < -0.4 is 5.32 Å². The average molecular weight is 354 g/mol. The Morgan fingerprint density at radius 3 is 2.72 bits per heavy atom. The summed E-state index contributed by atoms with van der Waals surface area (Å²) in [6, 6.07) is 7.26. The first kappa shape index (κ1) is 17.7. The number of hydrogen-bond donors (Lipinski definition) is 2. The Hall–Kier alpha value is -2.09. The van der Waals surface area contributed by atoms with E-state index in [4.69, 9.17) is 0 Å². The maximum Gasteiger partial charge on any atom is 0.401 e. The van der Waals surface area contributed by atoms with Gasteiger partial charge in [0.2, 0.25) is 0 Å². The fraction of sp³-hybridized carbons (Fsp3) is 0.529. The van der Waals surface area contributed by atoms with Gasteiger partial charge in [-0.15, -0.1) is 0 Å². The molecule has 1 fully saturated rings. The molecule has 1 aliphatic heterocycles. The molecule has 0 saturated carbocycles. The summed E-state index contributed by atoms with van der Waals surface area (Å²) in [4.78, 5) is 13.9. The van der Waals surface area contributed by atoms with Crippen molar-refractivity contribution in [3.8, 4) is 0 Å². The number of likely N-dealkylation sites (tertiary alicyclic amines) is 1. The Bertz CT molecular complexity index is 735. The molecular weight excluding hydrogens is 333 g/mol. The second-order valence-corrected chi connectivity index (χ2v) is 6.61. The predicted molar refractivity (Wildman–Crippen MR) is 88.2 cm³/mol. The van der Waals surface area contributed by atoms with E-state index in [0.717, 1.165) is 10.9 Å². The van der Waals surface area contributed by atoms with Crippen LogP contribution >= 0.6 is 0 Å². The summed E-state index contributed by atoms with van der Waals surface area (Å²) in [7, 11) is 0. The van der Waals surface area contributed by atoms with E-state index < -0.39 is 12.7 Å². The first-order valence-corrected chi connectivity index (χ1v) is 8.36. The Balaban J connectivity index is 1.56. The molecule has 0 radical (unpaired) electrons. The van der Waals surface area contributed by atoms with Gasteiger partial charge >= 0.3 is 6.18 Å². The van der Waals surface area contributed by atoms with Crippen molar-refractivity contribution in [3.63, 3.8) is 0 Å². The fourth-order valence-corrected chi connectivity index (χ4v) is 3.39. The third-order valence-corrected chi connectivity index (χ3v) is 4.79. The number of nitrogens with one attached hydrogen (secondary N) is 2. The van der Waals surface area contributed by atoms with Crippen LogP contribution in [0.4, 0.5) is 13.2 Å². The number of piperidine rings is 1. The molecule has 1 amide bonds.